The van der Waals surface area contributed by atoms with Crippen molar-refractivity contribution in [1.29, 1.82) is 0 Å². The van der Waals surface area contributed by atoms with Gasteiger partial charge in [0.2, 0.25) is 0 Å². The maximum Gasteiger partial charge on any atom is 0.137 e. The van der Waals surface area contributed by atoms with E-state index in [-0.39, 0.29) is 6.61 Å². The van der Waals surface area contributed by atoms with Crippen LogP contribution in [0.4, 0.5) is 0 Å². The molecule has 3 nitrogen and oxygen atoms in total. The summed E-state index contributed by atoms with van der Waals surface area (Å²) in [5.41, 5.74) is 0.727. The van der Waals surface area contributed by atoms with Gasteiger partial charge >= 0.3 is 0 Å². The van der Waals surface area contributed by atoms with Crippen LogP contribution < -0.4 is 0 Å². The van der Waals surface area contributed by atoms with E-state index < -0.39 is 0 Å². The highest BCUT2D eigenvalue weighted by Crippen LogP contribution is 1.97. The first kappa shape index (κ1) is 7.50. The van der Waals surface area contributed by atoms with Gasteiger partial charge in [0.1, 0.15) is 5.82 Å². The molecular weight excluding hydrogens is 148 g/mol. The molecule has 0 aliphatic carbocycles. The molecule has 0 unspecified atom stereocenters. The van der Waals surface area contributed by atoms with E-state index >= 15 is 0 Å². The second kappa shape index (κ2) is 3.53. The summed E-state index contributed by atoms with van der Waals surface area (Å²) < 4.78 is 0. The first-order chi connectivity index (χ1) is 4.86. The van der Waals surface area contributed by atoms with E-state index in [9.17, 15) is 0 Å². The van der Waals surface area contributed by atoms with E-state index in [0.717, 1.165) is 5.56 Å². The Bertz CT molecular complexity index is 176. The minimum atomic E-state index is -0.00709. The minimum absolute atomic E-state index is 0.00709. The van der Waals surface area contributed by atoms with Crippen LogP contribution in [0.15, 0.2) is 12.4 Å². The van der Waals surface area contributed by atoms with Crippen LogP contribution in [0.25, 0.3) is 0 Å². The van der Waals surface area contributed by atoms with Crippen molar-refractivity contribution in [3.05, 3.63) is 23.8 Å². The molecule has 0 fully saturated rings. The summed E-state index contributed by atoms with van der Waals surface area (Å²) in [6.45, 7) is -0.00709. The first-order valence-corrected chi connectivity index (χ1v) is 3.51. The van der Waals surface area contributed by atoms with Gasteiger partial charge in [0.05, 0.1) is 12.4 Å². The Labute approximate surface area is 64.5 Å². The molecule has 0 amide bonds. The molecule has 0 aliphatic heterocycles. The molecule has 0 saturated heterocycles. The number of hydrogen-bond donors (Lipinski definition) is 2. The highest BCUT2D eigenvalue weighted by Gasteiger charge is 1.92. The quantitative estimate of drug-likeness (QED) is 0.609. The Morgan fingerprint density at radius 3 is 2.40 bits per heavy atom. The molecule has 0 aromatic carbocycles. The van der Waals surface area contributed by atoms with Crippen LogP contribution in [0.3, 0.4) is 0 Å². The van der Waals surface area contributed by atoms with E-state index in [1.807, 2.05) is 0 Å². The standard InChI is InChI=1S/C6H8N2OS/c9-3-5-1-7-6(4-10)8-2-5/h1-2,9-10H,3-4H2. The molecule has 0 aliphatic rings. The van der Waals surface area contributed by atoms with E-state index in [1.165, 1.54) is 0 Å². The number of rotatable bonds is 2. The average molecular weight is 156 g/mol. The molecule has 1 aromatic rings. The van der Waals surface area contributed by atoms with Gasteiger partial charge in [-0.2, -0.15) is 12.6 Å². The van der Waals surface area contributed by atoms with Gasteiger partial charge in [0, 0.05) is 18.0 Å². The Balaban J connectivity index is 2.80. The molecule has 1 heterocycles. The lowest BCUT2D eigenvalue weighted by Gasteiger charge is -1.94. The van der Waals surface area contributed by atoms with Crippen LogP contribution in [0.2, 0.25) is 0 Å². The molecule has 1 rings (SSSR count). The van der Waals surface area contributed by atoms with Crippen LogP contribution >= 0.6 is 12.6 Å². The van der Waals surface area contributed by atoms with Crippen molar-refractivity contribution < 1.29 is 5.11 Å². The normalized spacial score (nSPS) is 9.80. The highest BCUT2D eigenvalue weighted by atomic mass is 32.1. The van der Waals surface area contributed by atoms with E-state index in [4.69, 9.17) is 5.11 Å². The monoisotopic (exact) mass is 156 g/mol. The van der Waals surface area contributed by atoms with Crippen molar-refractivity contribution in [3.8, 4) is 0 Å². The van der Waals surface area contributed by atoms with Crippen molar-refractivity contribution in [3.63, 3.8) is 0 Å². The molecular formula is C6H8N2OS. The fourth-order valence-electron chi connectivity index (χ4n) is 0.545. The zero-order valence-electron chi connectivity index (χ0n) is 5.36. The molecule has 4 heteroatoms. The van der Waals surface area contributed by atoms with Gasteiger partial charge in [0.25, 0.3) is 0 Å². The van der Waals surface area contributed by atoms with Gasteiger partial charge < -0.3 is 5.11 Å². The summed E-state index contributed by atoms with van der Waals surface area (Å²) in [5.74, 6) is 1.21. The molecule has 0 spiro atoms. The van der Waals surface area contributed by atoms with Gasteiger partial charge in [-0.15, -0.1) is 0 Å². The molecule has 0 bridgehead atoms. The Morgan fingerprint density at radius 1 is 1.40 bits per heavy atom. The lowest BCUT2D eigenvalue weighted by molar-refractivity contribution is 0.281. The summed E-state index contributed by atoms with van der Waals surface area (Å²) in [6.07, 6.45) is 3.19. The number of aromatic nitrogens is 2. The summed E-state index contributed by atoms with van der Waals surface area (Å²) in [4.78, 5) is 7.84. The van der Waals surface area contributed by atoms with E-state index in [2.05, 4.69) is 22.6 Å². The summed E-state index contributed by atoms with van der Waals surface area (Å²) >= 11 is 3.99. The number of nitrogens with zero attached hydrogens (tertiary/aromatic N) is 2. The van der Waals surface area contributed by atoms with Gasteiger partial charge in [-0.3, -0.25) is 0 Å². The van der Waals surface area contributed by atoms with Crippen molar-refractivity contribution in [2.24, 2.45) is 0 Å². The summed E-state index contributed by atoms with van der Waals surface area (Å²) in [7, 11) is 0. The van der Waals surface area contributed by atoms with E-state index in [1.54, 1.807) is 12.4 Å². The fourth-order valence-corrected chi connectivity index (χ4v) is 0.708. The maximum atomic E-state index is 8.60. The number of aliphatic hydroxyl groups is 1. The van der Waals surface area contributed by atoms with Gasteiger partial charge in [-0.1, -0.05) is 0 Å². The predicted octanol–water partition coefficient (Wildman–Crippen LogP) is 0.399. The molecule has 0 radical (unpaired) electrons. The van der Waals surface area contributed by atoms with Crippen molar-refractivity contribution in [1.82, 2.24) is 9.97 Å². The molecule has 0 atom stereocenters. The van der Waals surface area contributed by atoms with Crippen molar-refractivity contribution in [2.45, 2.75) is 12.4 Å². The fraction of sp³-hybridized carbons (Fsp3) is 0.333. The minimum Gasteiger partial charge on any atom is -0.392 e. The highest BCUT2D eigenvalue weighted by molar-refractivity contribution is 7.79. The molecule has 10 heavy (non-hydrogen) atoms. The predicted molar refractivity (Wildman–Crippen MR) is 40.6 cm³/mol. The Hall–Kier alpha value is -0.610. The second-order valence-electron chi connectivity index (χ2n) is 1.82. The third kappa shape index (κ3) is 1.68. The lowest BCUT2D eigenvalue weighted by atomic mass is 10.4. The Morgan fingerprint density at radius 2 is 2.00 bits per heavy atom. The van der Waals surface area contributed by atoms with Crippen molar-refractivity contribution in [2.75, 3.05) is 0 Å². The summed E-state index contributed by atoms with van der Waals surface area (Å²) in [6, 6.07) is 0. The zero-order chi connectivity index (χ0) is 7.40. The zero-order valence-corrected chi connectivity index (χ0v) is 6.25. The number of thiol groups is 1. The Kier molecular flexibility index (Phi) is 2.65. The van der Waals surface area contributed by atoms with Gasteiger partial charge in [-0.05, 0) is 0 Å². The van der Waals surface area contributed by atoms with Gasteiger partial charge in [-0.25, -0.2) is 9.97 Å². The average Bonchev–Trinajstić information content (AvgIpc) is 2.05. The largest absolute Gasteiger partial charge is 0.392 e. The molecule has 54 valence electrons. The summed E-state index contributed by atoms with van der Waals surface area (Å²) in [5, 5.41) is 8.60. The SMILES string of the molecule is OCc1cnc(CS)nc1. The number of aliphatic hydroxyl groups excluding tert-OH is 1. The topological polar surface area (TPSA) is 46.0 Å². The number of hydrogen-bond acceptors (Lipinski definition) is 4. The van der Waals surface area contributed by atoms with Crippen LogP contribution in [-0.4, -0.2) is 15.1 Å². The molecule has 1 N–H and O–H groups in total. The smallest absolute Gasteiger partial charge is 0.137 e. The van der Waals surface area contributed by atoms with Crippen molar-refractivity contribution >= 4 is 12.6 Å². The lowest BCUT2D eigenvalue weighted by Crippen LogP contribution is -1.93. The van der Waals surface area contributed by atoms with E-state index in [0.29, 0.717) is 11.6 Å². The molecule has 0 saturated carbocycles. The third-order valence-electron chi connectivity index (χ3n) is 1.08. The maximum absolute atomic E-state index is 8.60. The van der Waals surface area contributed by atoms with Crippen LogP contribution in [0, 0.1) is 0 Å². The van der Waals surface area contributed by atoms with Crippen LogP contribution in [0.5, 0.6) is 0 Å². The molecule has 1 aromatic heterocycles. The van der Waals surface area contributed by atoms with Crippen LogP contribution in [-0.2, 0) is 12.4 Å². The van der Waals surface area contributed by atoms with Gasteiger partial charge in [0.15, 0.2) is 0 Å². The first-order valence-electron chi connectivity index (χ1n) is 2.88. The van der Waals surface area contributed by atoms with Crippen LogP contribution in [0.1, 0.15) is 11.4 Å². The third-order valence-corrected chi connectivity index (χ3v) is 1.37. The second-order valence-corrected chi connectivity index (χ2v) is 2.14.